The van der Waals surface area contributed by atoms with Gasteiger partial charge >= 0.3 is 0 Å². The summed E-state index contributed by atoms with van der Waals surface area (Å²) in [6.07, 6.45) is 0. The lowest BCUT2D eigenvalue weighted by atomic mass is 10.1. The van der Waals surface area contributed by atoms with Gasteiger partial charge in [-0.05, 0) is 65.9 Å². The van der Waals surface area contributed by atoms with E-state index in [4.69, 9.17) is 4.74 Å². The van der Waals surface area contributed by atoms with Crippen LogP contribution >= 0.6 is 0 Å². The Morgan fingerprint density at radius 2 is 1.72 bits per heavy atom. The third-order valence-electron chi connectivity index (χ3n) is 4.43. The van der Waals surface area contributed by atoms with Crippen LogP contribution in [-0.4, -0.2) is 12.5 Å². The fourth-order valence-corrected chi connectivity index (χ4v) is 2.89. The topological polar surface area (TPSA) is 38.3 Å². The van der Waals surface area contributed by atoms with Crippen molar-refractivity contribution in [2.45, 2.75) is 27.3 Å². The van der Waals surface area contributed by atoms with Crippen LogP contribution in [0.3, 0.4) is 0 Å². The van der Waals surface area contributed by atoms with Crippen LogP contribution in [0.5, 0.6) is 5.75 Å². The quantitative estimate of drug-likeness (QED) is 0.748. The smallest absolute Gasteiger partial charge is 0.258 e. The first kappa shape index (κ1) is 17.0. The van der Waals surface area contributed by atoms with Crippen molar-refractivity contribution in [3.05, 3.63) is 76.9 Å². The summed E-state index contributed by atoms with van der Waals surface area (Å²) in [7, 11) is 0. The molecule has 0 heterocycles. The normalized spacial score (nSPS) is 10.7. The first-order chi connectivity index (χ1) is 12.0. The molecule has 0 unspecified atom stereocenters. The van der Waals surface area contributed by atoms with Crippen molar-refractivity contribution in [1.82, 2.24) is 5.32 Å². The molecule has 0 radical (unpaired) electrons. The molecule has 1 amide bonds. The van der Waals surface area contributed by atoms with Crippen molar-refractivity contribution in [2.75, 3.05) is 6.61 Å². The van der Waals surface area contributed by atoms with Gasteiger partial charge in [0.1, 0.15) is 5.75 Å². The summed E-state index contributed by atoms with van der Waals surface area (Å²) in [5.41, 5.74) is 4.46. The summed E-state index contributed by atoms with van der Waals surface area (Å²) in [4.78, 5) is 12.1. The van der Waals surface area contributed by atoms with E-state index in [1.807, 2.05) is 38.1 Å². The molecule has 0 spiro atoms. The number of benzene rings is 3. The predicted molar refractivity (Wildman–Crippen MR) is 102 cm³/mol. The zero-order valence-corrected chi connectivity index (χ0v) is 14.9. The van der Waals surface area contributed by atoms with Gasteiger partial charge < -0.3 is 10.1 Å². The van der Waals surface area contributed by atoms with Gasteiger partial charge in [0.15, 0.2) is 6.61 Å². The number of carbonyl (C=O) groups is 1. The van der Waals surface area contributed by atoms with E-state index in [0.717, 1.165) is 22.4 Å². The molecule has 25 heavy (non-hydrogen) atoms. The van der Waals surface area contributed by atoms with Gasteiger partial charge in [-0.2, -0.15) is 0 Å². The van der Waals surface area contributed by atoms with Crippen LogP contribution in [0, 0.1) is 20.8 Å². The van der Waals surface area contributed by atoms with Gasteiger partial charge in [-0.3, -0.25) is 4.79 Å². The maximum absolute atomic E-state index is 12.1. The largest absolute Gasteiger partial charge is 0.483 e. The van der Waals surface area contributed by atoms with Gasteiger partial charge in [0.05, 0.1) is 0 Å². The van der Waals surface area contributed by atoms with Crippen molar-refractivity contribution in [1.29, 1.82) is 0 Å². The Kier molecular flexibility index (Phi) is 5.03. The molecule has 3 heteroatoms. The van der Waals surface area contributed by atoms with Crippen molar-refractivity contribution >= 4 is 16.7 Å². The molecule has 0 aromatic heterocycles. The number of hydrogen-bond donors (Lipinski definition) is 1. The molecule has 3 aromatic carbocycles. The number of fused-ring (bicyclic) bond motifs is 1. The first-order valence-corrected chi connectivity index (χ1v) is 8.48. The molecule has 0 saturated carbocycles. The second-order valence-corrected chi connectivity index (χ2v) is 6.45. The zero-order chi connectivity index (χ0) is 17.8. The summed E-state index contributed by atoms with van der Waals surface area (Å²) in [5, 5.41) is 5.30. The Morgan fingerprint density at radius 3 is 2.52 bits per heavy atom. The molecule has 1 N–H and O–H groups in total. The van der Waals surface area contributed by atoms with Gasteiger partial charge in [-0.15, -0.1) is 0 Å². The fourth-order valence-electron chi connectivity index (χ4n) is 2.89. The summed E-state index contributed by atoms with van der Waals surface area (Å²) >= 11 is 0. The van der Waals surface area contributed by atoms with E-state index in [-0.39, 0.29) is 12.5 Å². The maximum atomic E-state index is 12.1. The van der Waals surface area contributed by atoms with Gasteiger partial charge in [-0.25, -0.2) is 0 Å². The Labute approximate surface area is 148 Å². The summed E-state index contributed by atoms with van der Waals surface area (Å²) < 4.78 is 5.71. The van der Waals surface area contributed by atoms with Crippen LogP contribution in [0.4, 0.5) is 0 Å². The minimum Gasteiger partial charge on any atom is -0.483 e. The Morgan fingerprint density at radius 1 is 0.960 bits per heavy atom. The van der Waals surface area contributed by atoms with E-state index in [2.05, 4.69) is 42.6 Å². The van der Waals surface area contributed by atoms with Crippen LogP contribution in [0.15, 0.2) is 54.6 Å². The minimum atomic E-state index is -0.119. The number of aryl methyl sites for hydroxylation is 2. The second-order valence-electron chi connectivity index (χ2n) is 6.45. The molecule has 3 rings (SSSR count). The minimum absolute atomic E-state index is 0.0251. The van der Waals surface area contributed by atoms with Crippen LogP contribution in [-0.2, 0) is 11.3 Å². The van der Waals surface area contributed by atoms with E-state index in [9.17, 15) is 4.79 Å². The second kappa shape index (κ2) is 7.39. The predicted octanol–water partition coefficient (Wildman–Crippen LogP) is 4.46. The van der Waals surface area contributed by atoms with E-state index in [1.165, 1.54) is 16.3 Å². The molecule has 0 atom stereocenters. The Balaban J connectivity index is 1.57. The van der Waals surface area contributed by atoms with Crippen molar-refractivity contribution < 1.29 is 9.53 Å². The molecule has 3 aromatic rings. The maximum Gasteiger partial charge on any atom is 0.258 e. The summed E-state index contributed by atoms with van der Waals surface area (Å²) in [6, 6.07) is 18.5. The number of ether oxygens (including phenoxy) is 1. The molecular formula is C22H23NO2. The van der Waals surface area contributed by atoms with Crippen LogP contribution < -0.4 is 10.1 Å². The monoisotopic (exact) mass is 333 g/mol. The summed E-state index contributed by atoms with van der Waals surface area (Å²) in [6.45, 7) is 6.61. The highest BCUT2D eigenvalue weighted by Gasteiger charge is 2.07. The van der Waals surface area contributed by atoms with Gasteiger partial charge in [0.2, 0.25) is 0 Å². The average molecular weight is 333 g/mol. The molecule has 0 fully saturated rings. The average Bonchev–Trinajstić information content (AvgIpc) is 2.61. The highest BCUT2D eigenvalue weighted by atomic mass is 16.5. The molecular weight excluding hydrogens is 310 g/mol. The van der Waals surface area contributed by atoms with E-state index < -0.39 is 0 Å². The Hall–Kier alpha value is -2.81. The zero-order valence-electron chi connectivity index (χ0n) is 14.9. The van der Waals surface area contributed by atoms with Crippen molar-refractivity contribution in [3.63, 3.8) is 0 Å². The van der Waals surface area contributed by atoms with Crippen molar-refractivity contribution in [3.8, 4) is 5.75 Å². The number of hydrogen-bond acceptors (Lipinski definition) is 2. The third-order valence-corrected chi connectivity index (χ3v) is 4.43. The third kappa shape index (κ3) is 4.18. The Bertz CT molecular complexity index is 915. The number of nitrogens with one attached hydrogen (secondary N) is 1. The van der Waals surface area contributed by atoms with Gasteiger partial charge in [0.25, 0.3) is 5.91 Å². The number of rotatable bonds is 5. The number of carbonyl (C=O) groups excluding carboxylic acids is 1. The lowest BCUT2D eigenvalue weighted by Crippen LogP contribution is -2.28. The molecule has 0 bridgehead atoms. The van der Waals surface area contributed by atoms with Crippen LogP contribution in [0.25, 0.3) is 10.8 Å². The molecule has 3 nitrogen and oxygen atoms in total. The van der Waals surface area contributed by atoms with E-state index in [1.54, 1.807) is 0 Å². The van der Waals surface area contributed by atoms with Gasteiger partial charge in [0, 0.05) is 6.54 Å². The molecule has 0 aliphatic heterocycles. The SMILES string of the molecule is Cc1cc(C)c(C)c(OCC(=O)NCc2ccc3ccccc3c2)c1. The first-order valence-electron chi connectivity index (χ1n) is 8.48. The standard InChI is InChI=1S/C22H23NO2/c1-15-10-16(2)17(3)21(11-15)25-14-22(24)23-13-18-8-9-19-6-4-5-7-20(19)12-18/h4-12H,13-14H2,1-3H3,(H,23,24). The van der Waals surface area contributed by atoms with E-state index in [0.29, 0.717) is 6.54 Å². The van der Waals surface area contributed by atoms with Gasteiger partial charge in [-0.1, -0.05) is 42.5 Å². The molecule has 0 saturated heterocycles. The molecule has 0 aliphatic rings. The van der Waals surface area contributed by atoms with Crippen LogP contribution in [0.2, 0.25) is 0 Å². The lowest BCUT2D eigenvalue weighted by molar-refractivity contribution is -0.123. The highest BCUT2D eigenvalue weighted by Crippen LogP contribution is 2.23. The lowest BCUT2D eigenvalue weighted by Gasteiger charge is -2.12. The van der Waals surface area contributed by atoms with E-state index >= 15 is 0 Å². The van der Waals surface area contributed by atoms with Crippen molar-refractivity contribution in [2.24, 2.45) is 0 Å². The highest BCUT2D eigenvalue weighted by molar-refractivity contribution is 5.83. The fraction of sp³-hybridized carbons (Fsp3) is 0.227. The number of amides is 1. The molecule has 0 aliphatic carbocycles. The summed E-state index contributed by atoms with van der Waals surface area (Å²) in [5.74, 6) is 0.657. The molecule has 128 valence electrons. The van der Waals surface area contributed by atoms with Crippen LogP contribution in [0.1, 0.15) is 22.3 Å².